The number of rotatable bonds is 6. The van der Waals surface area contributed by atoms with Crippen LogP contribution < -0.4 is 0 Å². The van der Waals surface area contributed by atoms with Gasteiger partial charge in [0.1, 0.15) is 0 Å². The normalized spacial score (nSPS) is 14.3. The molecular weight excluding hydrogens is 317 g/mol. The molecule has 0 unspecified atom stereocenters. The van der Waals surface area contributed by atoms with E-state index >= 15 is 0 Å². The largest absolute Gasteiger partial charge is 2.00 e. The van der Waals surface area contributed by atoms with Gasteiger partial charge in [0.2, 0.25) is 0 Å². The maximum Gasteiger partial charge on any atom is 2.00 e. The van der Waals surface area contributed by atoms with Crippen molar-refractivity contribution in [2.45, 2.75) is 63.5 Å². The Morgan fingerprint density at radius 2 is 1.17 bits per heavy atom. The third-order valence-corrected chi connectivity index (χ3v) is 2.44. The molecule has 0 aliphatic carbocycles. The Kier molecular flexibility index (Phi) is 6.77. The molecule has 0 aromatic heterocycles. The summed E-state index contributed by atoms with van der Waals surface area (Å²) in [6, 6.07) is 0. The first-order chi connectivity index (χ1) is 7.31. The maximum atomic E-state index is 13.1. The Morgan fingerprint density at radius 3 is 1.44 bits per heavy atom. The van der Waals surface area contributed by atoms with Gasteiger partial charge in [0.15, 0.2) is 5.67 Å². The first-order valence-corrected chi connectivity index (χ1v) is 5.13. The van der Waals surface area contributed by atoms with Crippen LogP contribution in [-0.4, -0.2) is 23.4 Å². The summed E-state index contributed by atoms with van der Waals surface area (Å²) in [6.45, 7) is 1.75. The van der Waals surface area contributed by atoms with Gasteiger partial charge in [0.05, 0.1) is 0 Å². The fourth-order valence-electron chi connectivity index (χ4n) is 1.16. The number of alkyl halides is 7. The molecule has 0 aromatic rings. The molecule has 0 aromatic carbocycles. The SMILES string of the molecule is CCCCC(F)(F)C(F)(F)C(F)(F)C(C)(C)F.[Cu+2]. The standard InChI is InChI=1S/C10H15F7.Cu/c1-4-5-6-8(12,13)10(16,17)9(14,15)7(2,3)11;/h4-6H2,1-3H3;/q;+2. The van der Waals surface area contributed by atoms with Gasteiger partial charge in [0, 0.05) is 6.42 Å². The van der Waals surface area contributed by atoms with Crippen molar-refractivity contribution in [1.82, 2.24) is 0 Å². The molecule has 0 saturated heterocycles. The van der Waals surface area contributed by atoms with Crippen LogP contribution in [0.1, 0.15) is 40.0 Å². The summed E-state index contributed by atoms with van der Waals surface area (Å²) in [7, 11) is 0. The van der Waals surface area contributed by atoms with Crippen molar-refractivity contribution in [3.8, 4) is 0 Å². The van der Waals surface area contributed by atoms with E-state index in [1.165, 1.54) is 6.92 Å². The van der Waals surface area contributed by atoms with Gasteiger partial charge >= 0.3 is 34.8 Å². The molecule has 1 radical (unpaired) electrons. The molecular formula is C10H15CuF7+2. The number of hydrogen-bond donors (Lipinski definition) is 0. The Balaban J connectivity index is 0. The fraction of sp³-hybridized carbons (Fsp3) is 1.00. The predicted octanol–water partition coefficient (Wildman–Crippen LogP) is 4.83. The summed E-state index contributed by atoms with van der Waals surface area (Å²) < 4.78 is 91.2. The first kappa shape index (κ1) is 20.3. The quantitative estimate of drug-likeness (QED) is 0.483. The van der Waals surface area contributed by atoms with Crippen LogP contribution in [-0.2, 0) is 17.1 Å². The van der Waals surface area contributed by atoms with Gasteiger partial charge in [-0.2, -0.15) is 26.3 Å². The number of unbranched alkanes of at least 4 members (excludes halogenated alkanes) is 1. The summed E-state index contributed by atoms with van der Waals surface area (Å²) in [5.74, 6) is -16.1. The molecule has 0 amide bonds. The van der Waals surface area contributed by atoms with Gasteiger partial charge in [-0.15, -0.1) is 0 Å². The smallest absolute Gasteiger partial charge is 0.238 e. The van der Waals surface area contributed by atoms with Crippen LogP contribution in [0.15, 0.2) is 0 Å². The van der Waals surface area contributed by atoms with E-state index in [2.05, 4.69) is 0 Å². The van der Waals surface area contributed by atoms with E-state index in [0.717, 1.165) is 0 Å². The second-order valence-electron chi connectivity index (χ2n) is 4.43. The Hall–Kier alpha value is 0.0295. The predicted molar refractivity (Wildman–Crippen MR) is 49.6 cm³/mol. The number of hydrogen-bond acceptors (Lipinski definition) is 0. The Morgan fingerprint density at radius 1 is 0.778 bits per heavy atom. The summed E-state index contributed by atoms with van der Waals surface area (Å²) in [4.78, 5) is 0. The topological polar surface area (TPSA) is 0 Å². The molecule has 0 aliphatic rings. The summed E-state index contributed by atoms with van der Waals surface area (Å²) in [5, 5.41) is 0. The van der Waals surface area contributed by atoms with E-state index < -0.39 is 29.9 Å². The van der Waals surface area contributed by atoms with E-state index in [1.54, 1.807) is 0 Å². The van der Waals surface area contributed by atoms with Crippen molar-refractivity contribution >= 4 is 0 Å². The van der Waals surface area contributed by atoms with E-state index in [4.69, 9.17) is 0 Å². The summed E-state index contributed by atoms with van der Waals surface area (Å²) in [5.41, 5.74) is -3.73. The molecule has 0 heterocycles. The van der Waals surface area contributed by atoms with Crippen molar-refractivity contribution in [1.29, 1.82) is 0 Å². The van der Waals surface area contributed by atoms with Crippen LogP contribution in [0.3, 0.4) is 0 Å². The average Bonchev–Trinajstić information content (AvgIpc) is 2.12. The molecule has 8 heteroatoms. The number of halogens is 7. The van der Waals surface area contributed by atoms with Gasteiger partial charge in [-0.3, -0.25) is 0 Å². The van der Waals surface area contributed by atoms with Crippen molar-refractivity contribution in [3.63, 3.8) is 0 Å². The third kappa shape index (κ3) is 3.53. The molecule has 0 bridgehead atoms. The van der Waals surface area contributed by atoms with Crippen LogP contribution in [0.5, 0.6) is 0 Å². The van der Waals surface area contributed by atoms with Gasteiger partial charge in [-0.05, 0) is 20.3 Å². The summed E-state index contributed by atoms with van der Waals surface area (Å²) >= 11 is 0. The van der Waals surface area contributed by atoms with E-state index in [1.807, 2.05) is 0 Å². The van der Waals surface area contributed by atoms with E-state index in [9.17, 15) is 30.7 Å². The van der Waals surface area contributed by atoms with Gasteiger partial charge < -0.3 is 0 Å². The molecule has 0 fully saturated rings. The van der Waals surface area contributed by atoms with Gasteiger partial charge in [-0.25, -0.2) is 4.39 Å². The van der Waals surface area contributed by atoms with Crippen LogP contribution in [0.25, 0.3) is 0 Å². The molecule has 0 spiro atoms. The molecule has 0 nitrogen and oxygen atoms in total. The molecule has 0 N–H and O–H groups in total. The zero-order chi connectivity index (χ0) is 14.1. The van der Waals surface area contributed by atoms with Crippen LogP contribution >= 0.6 is 0 Å². The van der Waals surface area contributed by atoms with Gasteiger partial charge in [-0.1, -0.05) is 13.3 Å². The third-order valence-electron chi connectivity index (χ3n) is 2.44. The molecule has 0 aliphatic heterocycles. The zero-order valence-electron chi connectivity index (χ0n) is 10.1. The minimum absolute atomic E-state index is 0. The van der Waals surface area contributed by atoms with E-state index in [0.29, 0.717) is 0 Å². The summed E-state index contributed by atoms with van der Waals surface area (Å²) in [6.07, 6.45) is -1.59. The van der Waals surface area contributed by atoms with Crippen molar-refractivity contribution in [3.05, 3.63) is 0 Å². The Labute approximate surface area is 112 Å². The van der Waals surface area contributed by atoms with Crippen molar-refractivity contribution in [2.24, 2.45) is 0 Å². The average molecular weight is 332 g/mol. The minimum atomic E-state index is -5.71. The minimum Gasteiger partial charge on any atom is -0.238 e. The molecule has 18 heavy (non-hydrogen) atoms. The molecule has 113 valence electrons. The van der Waals surface area contributed by atoms with Crippen molar-refractivity contribution < 1.29 is 47.8 Å². The zero-order valence-corrected chi connectivity index (χ0v) is 11.0. The van der Waals surface area contributed by atoms with Crippen molar-refractivity contribution in [2.75, 3.05) is 0 Å². The Bertz CT molecular complexity index is 257. The second-order valence-corrected chi connectivity index (χ2v) is 4.43. The molecule has 0 rings (SSSR count). The van der Waals surface area contributed by atoms with E-state index in [-0.39, 0.29) is 43.8 Å². The van der Waals surface area contributed by atoms with Gasteiger partial charge in [0.25, 0.3) is 0 Å². The van der Waals surface area contributed by atoms with Crippen LogP contribution in [0.4, 0.5) is 30.7 Å². The molecule has 0 atom stereocenters. The monoisotopic (exact) mass is 331 g/mol. The second kappa shape index (κ2) is 5.99. The fourth-order valence-corrected chi connectivity index (χ4v) is 1.16. The maximum absolute atomic E-state index is 13.1. The van der Waals surface area contributed by atoms with Crippen LogP contribution in [0.2, 0.25) is 0 Å². The van der Waals surface area contributed by atoms with Crippen LogP contribution in [0, 0.1) is 0 Å². The molecule has 0 saturated carbocycles. The first-order valence-electron chi connectivity index (χ1n) is 5.13.